The zero-order chi connectivity index (χ0) is 22.9. The summed E-state index contributed by atoms with van der Waals surface area (Å²) < 4.78 is 5.83. The molecule has 0 radical (unpaired) electrons. The molecule has 166 valence electrons. The molecular weight excluding hydrogens is 454 g/mol. The minimum Gasteiger partial charge on any atom is -0.448 e. The van der Waals surface area contributed by atoms with Gasteiger partial charge in [-0.15, -0.1) is 11.6 Å². The Morgan fingerprint density at radius 3 is 2.22 bits per heavy atom. The normalized spacial score (nSPS) is 17.2. The number of esters is 1. The van der Waals surface area contributed by atoms with E-state index in [-0.39, 0.29) is 11.6 Å². The van der Waals surface area contributed by atoms with Gasteiger partial charge < -0.3 is 14.9 Å². The predicted molar refractivity (Wildman–Crippen MR) is 123 cm³/mol. The maximum Gasteiger partial charge on any atom is 0.359 e. The Bertz CT molecular complexity index is 991. The Morgan fingerprint density at radius 1 is 1.09 bits per heavy atom. The zero-order valence-electron chi connectivity index (χ0n) is 17.1. The molecule has 1 amide bonds. The van der Waals surface area contributed by atoms with Gasteiger partial charge in [-0.1, -0.05) is 77.6 Å². The Labute approximate surface area is 194 Å². The van der Waals surface area contributed by atoms with E-state index in [2.05, 4.69) is 15.5 Å². The lowest BCUT2D eigenvalue weighted by molar-refractivity contribution is -0.142. The standard InChI is InChI=1S/C22H20ClN3O5S/c1-14(27)31-26-19(17-13-32-22(24-17)25-18(28)12-23)21(29)30-20(15-8-4-2-5-9-15)16-10-6-3-7-11-16/h2-11,17,20H,12-13H2,1H3,(H,24,25,28). The maximum atomic E-state index is 13.2. The molecular formula is C22H20ClN3O5S. The van der Waals surface area contributed by atoms with Crippen molar-refractivity contribution < 1.29 is 24.0 Å². The third-order valence-electron chi connectivity index (χ3n) is 4.27. The first kappa shape index (κ1) is 23.5. The van der Waals surface area contributed by atoms with Gasteiger partial charge >= 0.3 is 11.9 Å². The number of nitrogens with zero attached hydrogens (tertiary/aromatic N) is 2. The number of nitrogens with one attached hydrogen (secondary N) is 1. The van der Waals surface area contributed by atoms with Crippen molar-refractivity contribution in [2.75, 3.05) is 11.6 Å². The van der Waals surface area contributed by atoms with Crippen molar-refractivity contribution in [3.8, 4) is 0 Å². The number of hydrogen-bond donors (Lipinski definition) is 1. The van der Waals surface area contributed by atoms with E-state index in [1.165, 1.54) is 18.7 Å². The van der Waals surface area contributed by atoms with E-state index < -0.39 is 30.0 Å². The molecule has 1 aliphatic heterocycles. The molecule has 1 unspecified atom stereocenters. The minimum atomic E-state index is -0.771. The number of halogens is 1. The second kappa shape index (κ2) is 11.4. The zero-order valence-corrected chi connectivity index (χ0v) is 18.6. The summed E-state index contributed by atoms with van der Waals surface area (Å²) in [7, 11) is 0. The molecule has 3 rings (SSSR count). The Morgan fingerprint density at radius 2 is 1.69 bits per heavy atom. The maximum absolute atomic E-state index is 13.2. The van der Waals surface area contributed by atoms with Crippen LogP contribution in [0.4, 0.5) is 0 Å². The van der Waals surface area contributed by atoms with E-state index in [1.807, 2.05) is 60.7 Å². The summed E-state index contributed by atoms with van der Waals surface area (Å²) in [5.41, 5.74) is 1.39. The molecule has 0 spiro atoms. The van der Waals surface area contributed by atoms with Gasteiger partial charge in [0.2, 0.25) is 0 Å². The van der Waals surface area contributed by atoms with Gasteiger partial charge in [0.1, 0.15) is 5.88 Å². The van der Waals surface area contributed by atoms with Gasteiger partial charge in [-0.2, -0.15) is 4.99 Å². The van der Waals surface area contributed by atoms with E-state index in [4.69, 9.17) is 21.2 Å². The van der Waals surface area contributed by atoms with Crippen LogP contribution < -0.4 is 5.32 Å². The number of rotatable bonds is 7. The Hall–Kier alpha value is -3.17. The lowest BCUT2D eigenvalue weighted by Crippen LogP contribution is -2.41. The molecule has 1 N–H and O–H groups in total. The van der Waals surface area contributed by atoms with E-state index in [0.29, 0.717) is 10.9 Å². The molecule has 2 aromatic rings. The van der Waals surface area contributed by atoms with Gasteiger partial charge in [0.25, 0.3) is 5.91 Å². The highest BCUT2D eigenvalue weighted by Crippen LogP contribution is 2.27. The summed E-state index contributed by atoms with van der Waals surface area (Å²) in [5, 5.41) is 6.95. The molecule has 0 aliphatic carbocycles. The number of alkyl halides is 1. The lowest BCUT2D eigenvalue weighted by Gasteiger charge is -2.20. The summed E-state index contributed by atoms with van der Waals surface area (Å²) in [6, 6.07) is 17.8. The summed E-state index contributed by atoms with van der Waals surface area (Å²) in [4.78, 5) is 44.5. The van der Waals surface area contributed by atoms with Crippen molar-refractivity contribution in [2.45, 2.75) is 19.1 Å². The van der Waals surface area contributed by atoms with Crippen molar-refractivity contribution >= 4 is 52.1 Å². The average molecular weight is 474 g/mol. The number of carbonyl (C=O) groups is 3. The third-order valence-corrected chi connectivity index (χ3v) is 5.48. The molecule has 1 fully saturated rings. The second-order valence-electron chi connectivity index (χ2n) is 6.62. The fourth-order valence-corrected chi connectivity index (χ4v) is 3.88. The van der Waals surface area contributed by atoms with Gasteiger partial charge in [-0.25, -0.2) is 9.59 Å². The van der Waals surface area contributed by atoms with Crippen LogP contribution >= 0.6 is 23.4 Å². The molecule has 1 saturated heterocycles. The number of aliphatic imine (C=N–C) groups is 1. The molecule has 1 aliphatic rings. The highest BCUT2D eigenvalue weighted by Gasteiger charge is 2.34. The third kappa shape index (κ3) is 6.41. The van der Waals surface area contributed by atoms with Crippen LogP contribution in [-0.2, 0) is 24.0 Å². The molecule has 2 aromatic carbocycles. The quantitative estimate of drug-likeness (QED) is 0.216. The number of oxime groups is 1. The van der Waals surface area contributed by atoms with Crippen LogP contribution in [0.2, 0.25) is 0 Å². The van der Waals surface area contributed by atoms with Crippen LogP contribution in [-0.4, -0.2) is 46.4 Å². The monoisotopic (exact) mass is 473 g/mol. The first-order valence-electron chi connectivity index (χ1n) is 9.61. The van der Waals surface area contributed by atoms with Gasteiger partial charge in [0.15, 0.2) is 17.0 Å². The van der Waals surface area contributed by atoms with Crippen molar-refractivity contribution in [3.63, 3.8) is 0 Å². The molecule has 0 bridgehead atoms. The molecule has 0 saturated carbocycles. The first-order valence-corrected chi connectivity index (χ1v) is 11.1. The number of hydrogen-bond acceptors (Lipinski definition) is 7. The molecule has 8 nitrogen and oxygen atoms in total. The summed E-state index contributed by atoms with van der Waals surface area (Å²) >= 11 is 6.71. The van der Waals surface area contributed by atoms with E-state index >= 15 is 0 Å². The fourth-order valence-electron chi connectivity index (χ4n) is 2.86. The molecule has 0 aromatic heterocycles. The summed E-state index contributed by atoms with van der Waals surface area (Å²) in [6.45, 7) is 1.17. The van der Waals surface area contributed by atoms with Crippen LogP contribution in [0, 0.1) is 0 Å². The van der Waals surface area contributed by atoms with Gasteiger partial charge in [-0.05, 0) is 11.1 Å². The van der Waals surface area contributed by atoms with Crippen LogP contribution in [0.15, 0.2) is 70.8 Å². The number of carbonyl (C=O) groups excluding carboxylic acids is 3. The smallest absolute Gasteiger partial charge is 0.359 e. The average Bonchev–Trinajstić information content (AvgIpc) is 3.26. The fraction of sp³-hybridized carbons (Fsp3) is 0.227. The Balaban J connectivity index is 1.87. The van der Waals surface area contributed by atoms with Crippen molar-refractivity contribution in [2.24, 2.45) is 10.1 Å². The van der Waals surface area contributed by atoms with Crippen LogP contribution in [0.1, 0.15) is 24.2 Å². The highest BCUT2D eigenvalue weighted by molar-refractivity contribution is 8.14. The Kier molecular flexibility index (Phi) is 8.41. The summed E-state index contributed by atoms with van der Waals surface area (Å²) in [5.74, 6) is -1.91. The number of amidine groups is 1. The number of amides is 1. The topological polar surface area (TPSA) is 106 Å². The number of ether oxygens (including phenoxy) is 1. The second-order valence-corrected chi connectivity index (χ2v) is 7.89. The van der Waals surface area contributed by atoms with Crippen LogP contribution in [0.5, 0.6) is 0 Å². The predicted octanol–water partition coefficient (Wildman–Crippen LogP) is 3.06. The van der Waals surface area contributed by atoms with Crippen LogP contribution in [0.3, 0.4) is 0 Å². The van der Waals surface area contributed by atoms with Crippen molar-refractivity contribution in [1.29, 1.82) is 0 Å². The first-order chi connectivity index (χ1) is 15.5. The van der Waals surface area contributed by atoms with Crippen molar-refractivity contribution in [1.82, 2.24) is 5.32 Å². The minimum absolute atomic E-state index is 0.145. The molecule has 1 atom stereocenters. The van der Waals surface area contributed by atoms with Gasteiger partial charge in [0.05, 0.1) is 6.04 Å². The van der Waals surface area contributed by atoms with E-state index in [9.17, 15) is 14.4 Å². The summed E-state index contributed by atoms with van der Waals surface area (Å²) in [6.07, 6.45) is -0.701. The van der Waals surface area contributed by atoms with Crippen LogP contribution in [0.25, 0.3) is 0 Å². The van der Waals surface area contributed by atoms with E-state index in [0.717, 1.165) is 11.1 Å². The largest absolute Gasteiger partial charge is 0.448 e. The van der Waals surface area contributed by atoms with Gasteiger partial charge in [0, 0.05) is 12.7 Å². The lowest BCUT2D eigenvalue weighted by atomic mass is 10.0. The molecule has 10 heteroatoms. The van der Waals surface area contributed by atoms with Gasteiger partial charge in [-0.3, -0.25) is 4.79 Å². The number of thioether (sulfide) groups is 1. The molecule has 1 heterocycles. The van der Waals surface area contributed by atoms with E-state index in [1.54, 1.807) is 0 Å². The van der Waals surface area contributed by atoms with Crippen molar-refractivity contribution in [3.05, 3.63) is 71.8 Å². The highest BCUT2D eigenvalue weighted by atomic mass is 35.5. The number of benzene rings is 2. The SMILES string of the molecule is CC(=O)ON=C(C(=O)OC(c1ccccc1)c1ccccc1)C1CSC(=NC(=O)CCl)N1. The molecule has 32 heavy (non-hydrogen) atoms.